The maximum absolute atomic E-state index is 11.1. The summed E-state index contributed by atoms with van der Waals surface area (Å²) in [5, 5.41) is 12.6. The van der Waals surface area contributed by atoms with Gasteiger partial charge in [0.05, 0.1) is 6.61 Å². The topological polar surface area (TPSA) is 111 Å². The predicted molar refractivity (Wildman–Crippen MR) is 65.5 cm³/mol. The Bertz CT molecular complexity index is 384. The summed E-state index contributed by atoms with van der Waals surface area (Å²) in [6, 6.07) is 0. The number of amides is 1. The highest BCUT2D eigenvalue weighted by Gasteiger charge is 2.43. The van der Waals surface area contributed by atoms with E-state index >= 15 is 0 Å². The third kappa shape index (κ3) is 4.78. The minimum Gasteiger partial charge on any atom is -0.456 e. The number of nitrogens with one attached hydrogen (secondary N) is 1. The van der Waals surface area contributed by atoms with Crippen LogP contribution in [0.5, 0.6) is 0 Å². The number of ether oxygens (including phenoxy) is 3. The number of esters is 2. The molecule has 1 aliphatic rings. The first-order chi connectivity index (χ1) is 9.31. The average Bonchev–Trinajstić information content (AvgIpc) is 2.31. The molecule has 0 aromatic heterocycles. The quantitative estimate of drug-likeness (QED) is 0.622. The van der Waals surface area contributed by atoms with Gasteiger partial charge in [-0.25, -0.2) is 0 Å². The fourth-order valence-corrected chi connectivity index (χ4v) is 1.92. The normalized spacial score (nSPS) is 29.4. The molecule has 2 N–H and O–H groups in total. The average molecular weight is 289 g/mol. The molecule has 0 bridgehead atoms. The fraction of sp³-hybridized carbons (Fsp3) is 0.750. The molecule has 1 rings (SSSR count). The van der Waals surface area contributed by atoms with E-state index < -0.39 is 36.4 Å². The summed E-state index contributed by atoms with van der Waals surface area (Å²) in [6.07, 6.45) is -3.84. The fourth-order valence-electron chi connectivity index (χ4n) is 1.92. The van der Waals surface area contributed by atoms with Crippen LogP contribution in [0.4, 0.5) is 0 Å². The van der Waals surface area contributed by atoms with Crippen molar-refractivity contribution in [1.82, 2.24) is 5.32 Å². The molecule has 0 radical (unpaired) electrons. The van der Waals surface area contributed by atoms with Crippen LogP contribution in [0.15, 0.2) is 0 Å². The molecule has 20 heavy (non-hydrogen) atoms. The molecule has 4 atom stereocenters. The zero-order valence-electron chi connectivity index (χ0n) is 11.6. The van der Waals surface area contributed by atoms with Crippen molar-refractivity contribution in [3.05, 3.63) is 0 Å². The van der Waals surface area contributed by atoms with Gasteiger partial charge in [-0.2, -0.15) is 0 Å². The van der Waals surface area contributed by atoms with E-state index in [9.17, 15) is 19.5 Å². The Morgan fingerprint density at radius 2 is 1.80 bits per heavy atom. The summed E-state index contributed by atoms with van der Waals surface area (Å²) >= 11 is 0. The number of hydrogen-bond donors (Lipinski definition) is 2. The molecule has 8 heteroatoms. The van der Waals surface area contributed by atoms with Crippen LogP contribution in [0.3, 0.4) is 0 Å². The van der Waals surface area contributed by atoms with Gasteiger partial charge in [0.2, 0.25) is 5.91 Å². The highest BCUT2D eigenvalue weighted by molar-refractivity contribution is 5.72. The lowest BCUT2D eigenvalue weighted by Gasteiger charge is -2.38. The Hall–Kier alpha value is -1.67. The van der Waals surface area contributed by atoms with Crippen molar-refractivity contribution in [1.29, 1.82) is 0 Å². The van der Waals surface area contributed by atoms with E-state index in [1.54, 1.807) is 0 Å². The maximum atomic E-state index is 11.1. The van der Waals surface area contributed by atoms with E-state index in [-0.39, 0.29) is 19.1 Å². The largest absolute Gasteiger partial charge is 0.456 e. The van der Waals surface area contributed by atoms with E-state index in [0.29, 0.717) is 0 Å². The number of aliphatic hydroxyl groups is 1. The Kier molecular flexibility index (Phi) is 5.90. The summed E-state index contributed by atoms with van der Waals surface area (Å²) in [4.78, 5) is 32.9. The van der Waals surface area contributed by atoms with Crippen LogP contribution >= 0.6 is 0 Å². The monoisotopic (exact) mass is 289 g/mol. The third-order valence-corrected chi connectivity index (χ3v) is 2.73. The third-order valence-electron chi connectivity index (χ3n) is 2.73. The summed E-state index contributed by atoms with van der Waals surface area (Å²) in [5.74, 6) is -1.44. The zero-order valence-corrected chi connectivity index (χ0v) is 11.6. The van der Waals surface area contributed by atoms with E-state index in [1.165, 1.54) is 20.8 Å². The standard InChI is InChI=1S/C12H19NO7/c1-6(14)13-4-9-11(17)12(20-8(3)16)10(5-18-9)19-7(2)15/h9-12,17H,4-5H2,1-3H3,(H,13,14). The van der Waals surface area contributed by atoms with Gasteiger partial charge in [-0.15, -0.1) is 0 Å². The molecular formula is C12H19NO7. The van der Waals surface area contributed by atoms with Gasteiger partial charge in [0.15, 0.2) is 12.2 Å². The Morgan fingerprint density at radius 3 is 2.30 bits per heavy atom. The second-order valence-electron chi connectivity index (χ2n) is 4.52. The minimum absolute atomic E-state index is 0.0289. The number of aliphatic hydroxyl groups excluding tert-OH is 1. The minimum atomic E-state index is -1.20. The van der Waals surface area contributed by atoms with Gasteiger partial charge in [-0.05, 0) is 0 Å². The highest BCUT2D eigenvalue weighted by Crippen LogP contribution is 2.21. The van der Waals surface area contributed by atoms with E-state index in [1.807, 2.05) is 0 Å². The molecule has 1 heterocycles. The summed E-state index contributed by atoms with van der Waals surface area (Å²) in [7, 11) is 0. The van der Waals surface area contributed by atoms with E-state index in [4.69, 9.17) is 14.2 Å². The molecule has 0 aromatic carbocycles. The van der Waals surface area contributed by atoms with Crippen molar-refractivity contribution >= 4 is 17.8 Å². The van der Waals surface area contributed by atoms with Crippen LogP contribution in [-0.2, 0) is 28.6 Å². The smallest absolute Gasteiger partial charge is 0.303 e. The number of carbonyl (C=O) groups excluding carboxylic acids is 3. The van der Waals surface area contributed by atoms with Gasteiger partial charge < -0.3 is 24.6 Å². The van der Waals surface area contributed by atoms with Gasteiger partial charge in [0, 0.05) is 27.3 Å². The summed E-state index contributed by atoms with van der Waals surface area (Å²) in [6.45, 7) is 3.77. The molecule has 0 aliphatic carbocycles. The van der Waals surface area contributed by atoms with Crippen molar-refractivity contribution in [2.24, 2.45) is 0 Å². The number of hydrogen-bond acceptors (Lipinski definition) is 7. The van der Waals surface area contributed by atoms with Crippen molar-refractivity contribution in [2.45, 2.75) is 45.2 Å². The number of rotatable bonds is 4. The first-order valence-electron chi connectivity index (χ1n) is 6.19. The molecule has 0 saturated carbocycles. The van der Waals surface area contributed by atoms with Crippen molar-refractivity contribution in [2.75, 3.05) is 13.2 Å². The first-order valence-corrected chi connectivity index (χ1v) is 6.19. The van der Waals surface area contributed by atoms with Crippen molar-refractivity contribution in [3.63, 3.8) is 0 Å². The van der Waals surface area contributed by atoms with Gasteiger partial charge in [-0.1, -0.05) is 0 Å². The van der Waals surface area contributed by atoms with Crippen LogP contribution in [0, 0.1) is 0 Å². The van der Waals surface area contributed by atoms with Crippen LogP contribution in [0.1, 0.15) is 20.8 Å². The van der Waals surface area contributed by atoms with Crippen LogP contribution in [-0.4, -0.2) is 60.5 Å². The van der Waals surface area contributed by atoms with Gasteiger partial charge in [0.25, 0.3) is 0 Å². The lowest BCUT2D eigenvalue weighted by molar-refractivity contribution is -0.216. The highest BCUT2D eigenvalue weighted by atomic mass is 16.6. The molecule has 1 amide bonds. The Labute approximate surface area is 116 Å². The first kappa shape index (κ1) is 16.4. The van der Waals surface area contributed by atoms with Gasteiger partial charge in [-0.3, -0.25) is 14.4 Å². The zero-order chi connectivity index (χ0) is 15.3. The lowest BCUT2D eigenvalue weighted by atomic mass is 9.99. The van der Waals surface area contributed by atoms with Crippen molar-refractivity contribution in [3.8, 4) is 0 Å². The molecule has 1 aliphatic heterocycles. The second-order valence-corrected chi connectivity index (χ2v) is 4.52. The lowest BCUT2D eigenvalue weighted by Crippen LogP contribution is -2.58. The Morgan fingerprint density at radius 1 is 1.20 bits per heavy atom. The summed E-state index contributed by atoms with van der Waals surface area (Å²) < 4.78 is 15.3. The molecule has 0 spiro atoms. The number of carbonyl (C=O) groups is 3. The molecule has 1 fully saturated rings. The molecule has 1 saturated heterocycles. The van der Waals surface area contributed by atoms with Crippen LogP contribution in [0.2, 0.25) is 0 Å². The summed E-state index contributed by atoms with van der Waals surface area (Å²) in [5.41, 5.74) is 0. The maximum Gasteiger partial charge on any atom is 0.303 e. The molecule has 0 aromatic rings. The molecule has 4 unspecified atom stereocenters. The second kappa shape index (κ2) is 7.20. The predicted octanol–water partition coefficient (Wildman–Crippen LogP) is -1.25. The van der Waals surface area contributed by atoms with E-state index in [2.05, 4.69) is 5.32 Å². The SMILES string of the molecule is CC(=O)NCC1OCC(OC(C)=O)C(OC(C)=O)C1O. The van der Waals surface area contributed by atoms with Gasteiger partial charge >= 0.3 is 11.9 Å². The van der Waals surface area contributed by atoms with E-state index in [0.717, 1.165) is 0 Å². The Balaban J connectivity index is 2.73. The van der Waals surface area contributed by atoms with Crippen LogP contribution in [0.25, 0.3) is 0 Å². The van der Waals surface area contributed by atoms with Crippen molar-refractivity contribution < 1.29 is 33.7 Å². The molecule has 8 nitrogen and oxygen atoms in total. The van der Waals surface area contributed by atoms with Crippen LogP contribution < -0.4 is 5.32 Å². The molecular weight excluding hydrogens is 270 g/mol. The van der Waals surface area contributed by atoms with Gasteiger partial charge in [0.1, 0.15) is 12.2 Å². The molecule has 114 valence electrons.